The number of aryl methyl sites for hydroxylation is 1. The fourth-order valence-corrected chi connectivity index (χ4v) is 3.72. The van der Waals surface area contributed by atoms with Gasteiger partial charge in [-0.3, -0.25) is 0 Å². The average molecular weight is 286 g/mol. The topological polar surface area (TPSA) is 47.1 Å². The number of hydrogen-bond acceptors (Lipinski definition) is 3. The van der Waals surface area contributed by atoms with E-state index in [4.69, 9.17) is 10.7 Å². The van der Waals surface area contributed by atoms with Crippen molar-refractivity contribution in [2.45, 2.75) is 51.1 Å². The molecule has 1 aromatic heterocycles. The molecule has 2 N–H and O–H groups in total. The zero-order chi connectivity index (χ0) is 15.0. The zero-order valence-corrected chi connectivity index (χ0v) is 13.4. The molecule has 4 heteroatoms. The number of nitrogen functional groups attached to an aromatic ring is 1. The van der Waals surface area contributed by atoms with Crippen molar-refractivity contribution >= 4 is 16.7 Å². The van der Waals surface area contributed by atoms with E-state index in [-0.39, 0.29) is 5.54 Å². The summed E-state index contributed by atoms with van der Waals surface area (Å²) in [5.41, 5.74) is 9.21. The van der Waals surface area contributed by atoms with Gasteiger partial charge in [0.1, 0.15) is 5.82 Å². The van der Waals surface area contributed by atoms with Crippen molar-refractivity contribution in [1.82, 2.24) is 14.5 Å². The second-order valence-corrected chi connectivity index (χ2v) is 6.54. The minimum absolute atomic E-state index is 0.277. The first-order valence-electron chi connectivity index (χ1n) is 7.98. The van der Waals surface area contributed by atoms with Crippen LogP contribution in [0.25, 0.3) is 11.0 Å². The summed E-state index contributed by atoms with van der Waals surface area (Å²) in [7, 11) is 4.43. The Bertz CT molecular complexity index is 636. The SMILES string of the molecule is CCc1nc2cc(N)ccc2n1CC1(N(C)C)CCCC1. The lowest BCUT2D eigenvalue weighted by Crippen LogP contribution is -2.45. The molecule has 1 aromatic carbocycles. The van der Waals surface area contributed by atoms with E-state index < -0.39 is 0 Å². The van der Waals surface area contributed by atoms with Gasteiger partial charge in [-0.05, 0) is 45.1 Å². The summed E-state index contributed by atoms with van der Waals surface area (Å²) < 4.78 is 2.42. The van der Waals surface area contributed by atoms with Gasteiger partial charge < -0.3 is 15.2 Å². The van der Waals surface area contributed by atoms with Crippen molar-refractivity contribution in [2.75, 3.05) is 19.8 Å². The van der Waals surface area contributed by atoms with E-state index in [1.807, 2.05) is 12.1 Å². The van der Waals surface area contributed by atoms with Crippen molar-refractivity contribution in [3.63, 3.8) is 0 Å². The lowest BCUT2D eigenvalue weighted by Gasteiger charge is -2.37. The van der Waals surface area contributed by atoms with Gasteiger partial charge in [0.25, 0.3) is 0 Å². The Kier molecular flexibility index (Phi) is 3.66. The van der Waals surface area contributed by atoms with Crippen LogP contribution in [0.1, 0.15) is 38.4 Å². The van der Waals surface area contributed by atoms with E-state index in [9.17, 15) is 0 Å². The Balaban J connectivity index is 2.06. The maximum atomic E-state index is 5.90. The molecule has 1 saturated carbocycles. The molecule has 0 radical (unpaired) electrons. The summed E-state index contributed by atoms with van der Waals surface area (Å²) in [6.45, 7) is 3.21. The second kappa shape index (κ2) is 5.34. The third-order valence-corrected chi connectivity index (χ3v) is 5.10. The highest BCUT2D eigenvalue weighted by molar-refractivity contribution is 5.79. The van der Waals surface area contributed by atoms with Crippen LogP contribution in [0.5, 0.6) is 0 Å². The highest BCUT2D eigenvalue weighted by Gasteiger charge is 2.37. The summed E-state index contributed by atoms with van der Waals surface area (Å²) in [4.78, 5) is 7.21. The van der Waals surface area contributed by atoms with Crippen LogP contribution in [0, 0.1) is 0 Å². The maximum absolute atomic E-state index is 5.90. The number of nitrogens with two attached hydrogens (primary N) is 1. The van der Waals surface area contributed by atoms with Crippen LogP contribution < -0.4 is 5.73 Å². The highest BCUT2D eigenvalue weighted by atomic mass is 15.2. The molecule has 3 rings (SSSR count). The maximum Gasteiger partial charge on any atom is 0.109 e. The summed E-state index contributed by atoms with van der Waals surface area (Å²) >= 11 is 0. The number of hydrogen-bond donors (Lipinski definition) is 1. The first kappa shape index (κ1) is 14.4. The Morgan fingerprint density at radius 3 is 2.62 bits per heavy atom. The Labute approximate surface area is 126 Å². The number of fused-ring (bicyclic) bond motifs is 1. The van der Waals surface area contributed by atoms with Gasteiger partial charge in [-0.1, -0.05) is 19.8 Å². The van der Waals surface area contributed by atoms with Gasteiger partial charge in [0, 0.05) is 24.2 Å². The van der Waals surface area contributed by atoms with Gasteiger partial charge in [-0.2, -0.15) is 0 Å². The third-order valence-electron chi connectivity index (χ3n) is 5.10. The smallest absolute Gasteiger partial charge is 0.109 e. The third kappa shape index (κ3) is 2.42. The molecule has 0 atom stereocenters. The van der Waals surface area contributed by atoms with E-state index in [1.165, 1.54) is 37.0 Å². The molecule has 0 unspecified atom stereocenters. The number of aromatic nitrogens is 2. The fourth-order valence-electron chi connectivity index (χ4n) is 3.72. The van der Waals surface area contributed by atoms with Crippen LogP contribution in [-0.4, -0.2) is 34.1 Å². The Morgan fingerprint density at radius 2 is 2.00 bits per heavy atom. The lowest BCUT2D eigenvalue weighted by molar-refractivity contribution is 0.134. The van der Waals surface area contributed by atoms with Gasteiger partial charge in [0.15, 0.2) is 0 Å². The number of likely N-dealkylation sites (N-methyl/N-ethyl adjacent to an activating group) is 1. The van der Waals surface area contributed by atoms with E-state index >= 15 is 0 Å². The fraction of sp³-hybridized carbons (Fsp3) is 0.588. The predicted molar refractivity (Wildman–Crippen MR) is 88.4 cm³/mol. The molecule has 0 spiro atoms. The van der Waals surface area contributed by atoms with E-state index in [0.29, 0.717) is 0 Å². The van der Waals surface area contributed by atoms with E-state index in [0.717, 1.165) is 24.2 Å². The van der Waals surface area contributed by atoms with Gasteiger partial charge in [0.05, 0.1) is 11.0 Å². The molecule has 0 amide bonds. The molecule has 2 aromatic rings. The molecule has 4 nitrogen and oxygen atoms in total. The minimum atomic E-state index is 0.277. The molecule has 114 valence electrons. The van der Waals surface area contributed by atoms with Gasteiger partial charge in [-0.15, -0.1) is 0 Å². The molecular weight excluding hydrogens is 260 g/mol. The molecule has 21 heavy (non-hydrogen) atoms. The molecule has 0 aliphatic heterocycles. The van der Waals surface area contributed by atoms with Gasteiger partial charge in [0.2, 0.25) is 0 Å². The molecule has 0 saturated heterocycles. The van der Waals surface area contributed by atoms with Crippen LogP contribution in [0.3, 0.4) is 0 Å². The molecule has 0 bridgehead atoms. The number of benzene rings is 1. The molecule has 1 fully saturated rings. The molecule has 1 aliphatic rings. The molecular formula is C17H26N4. The summed E-state index contributed by atoms with van der Waals surface area (Å²) in [6.07, 6.45) is 6.17. The summed E-state index contributed by atoms with van der Waals surface area (Å²) in [5.74, 6) is 1.17. The van der Waals surface area contributed by atoms with Gasteiger partial charge >= 0.3 is 0 Å². The zero-order valence-electron chi connectivity index (χ0n) is 13.4. The first-order valence-corrected chi connectivity index (χ1v) is 7.98. The van der Waals surface area contributed by atoms with Crippen LogP contribution in [0.15, 0.2) is 18.2 Å². The van der Waals surface area contributed by atoms with Crippen molar-refractivity contribution in [3.05, 3.63) is 24.0 Å². The number of imidazole rings is 1. The Hall–Kier alpha value is -1.55. The van der Waals surface area contributed by atoms with E-state index in [2.05, 4.69) is 36.6 Å². The van der Waals surface area contributed by atoms with Crippen LogP contribution >= 0.6 is 0 Å². The van der Waals surface area contributed by atoms with Crippen LogP contribution in [0.4, 0.5) is 5.69 Å². The number of nitrogens with zero attached hydrogens (tertiary/aromatic N) is 3. The highest BCUT2D eigenvalue weighted by Crippen LogP contribution is 2.36. The quantitative estimate of drug-likeness (QED) is 0.879. The van der Waals surface area contributed by atoms with Crippen molar-refractivity contribution in [1.29, 1.82) is 0 Å². The van der Waals surface area contributed by atoms with Crippen molar-refractivity contribution in [2.24, 2.45) is 0 Å². The minimum Gasteiger partial charge on any atom is -0.399 e. The monoisotopic (exact) mass is 286 g/mol. The van der Waals surface area contributed by atoms with Crippen molar-refractivity contribution in [3.8, 4) is 0 Å². The summed E-state index contributed by atoms with van der Waals surface area (Å²) in [6, 6.07) is 6.09. The normalized spacial score (nSPS) is 17.9. The second-order valence-electron chi connectivity index (χ2n) is 6.54. The molecule has 1 heterocycles. The predicted octanol–water partition coefficient (Wildman–Crippen LogP) is 3.06. The van der Waals surface area contributed by atoms with Crippen molar-refractivity contribution < 1.29 is 0 Å². The average Bonchev–Trinajstić information content (AvgIpc) is 3.05. The largest absolute Gasteiger partial charge is 0.399 e. The lowest BCUT2D eigenvalue weighted by atomic mass is 9.95. The standard InChI is InChI=1S/C17H26N4/c1-4-16-19-14-11-13(18)7-8-15(14)21(16)12-17(20(2)3)9-5-6-10-17/h7-8,11H,4-6,9-10,12,18H2,1-3H3. The van der Waals surface area contributed by atoms with Gasteiger partial charge in [-0.25, -0.2) is 4.98 Å². The number of rotatable bonds is 4. The number of anilines is 1. The Morgan fingerprint density at radius 1 is 1.29 bits per heavy atom. The van der Waals surface area contributed by atoms with Crippen LogP contribution in [0.2, 0.25) is 0 Å². The van der Waals surface area contributed by atoms with Crippen LogP contribution in [-0.2, 0) is 13.0 Å². The molecule has 1 aliphatic carbocycles. The first-order chi connectivity index (χ1) is 10.1. The summed E-state index contributed by atoms with van der Waals surface area (Å²) in [5, 5.41) is 0. The van der Waals surface area contributed by atoms with E-state index in [1.54, 1.807) is 0 Å².